The van der Waals surface area contributed by atoms with E-state index in [4.69, 9.17) is 4.74 Å². The fourth-order valence-corrected chi connectivity index (χ4v) is 2.41. The highest BCUT2D eigenvalue weighted by molar-refractivity contribution is 7.89. The van der Waals surface area contributed by atoms with Gasteiger partial charge in [-0.15, -0.1) is 0 Å². The van der Waals surface area contributed by atoms with Crippen molar-refractivity contribution in [2.24, 2.45) is 0 Å². The van der Waals surface area contributed by atoms with E-state index in [0.717, 1.165) is 0 Å². The molecule has 1 N–H and O–H groups in total. The van der Waals surface area contributed by atoms with E-state index in [1.54, 1.807) is 13.1 Å². The summed E-state index contributed by atoms with van der Waals surface area (Å²) in [5.41, 5.74) is 0.305. The maximum absolute atomic E-state index is 12.0. The number of nitrogens with zero attached hydrogens (tertiary/aromatic N) is 1. The Balaban J connectivity index is 3.35. The number of amides is 1. The number of methoxy groups -OCH3 is 1. The number of nitrogens with one attached hydrogen (secondary N) is 1. The van der Waals surface area contributed by atoms with Crippen molar-refractivity contribution >= 4 is 15.9 Å². The van der Waals surface area contributed by atoms with E-state index >= 15 is 0 Å². The Morgan fingerprint density at radius 1 is 1.42 bits per heavy atom. The molecule has 1 rings (SSSR count). The molecule has 19 heavy (non-hydrogen) atoms. The predicted molar refractivity (Wildman–Crippen MR) is 71.9 cm³/mol. The number of benzene rings is 1. The molecule has 0 unspecified atom stereocenters. The van der Waals surface area contributed by atoms with Crippen molar-refractivity contribution in [3.63, 3.8) is 0 Å². The first kappa shape index (κ1) is 15.5. The van der Waals surface area contributed by atoms with Crippen LogP contribution in [0.1, 0.15) is 17.3 Å². The molecule has 106 valence electrons. The number of hydrogen-bond acceptors (Lipinski definition) is 4. The standard InChI is InChI=1S/C12H18N2O4S/c1-5-14(3)12(15)9-6-7-10(18-4)11(8-9)19(16,17)13-2/h6-8,13H,5H2,1-4H3. The van der Waals surface area contributed by atoms with Crippen LogP contribution in [-0.4, -0.2) is 47.0 Å². The lowest BCUT2D eigenvalue weighted by molar-refractivity contribution is 0.0802. The second kappa shape index (κ2) is 6.03. The van der Waals surface area contributed by atoms with Gasteiger partial charge in [-0.05, 0) is 32.2 Å². The molecule has 0 saturated heterocycles. The molecule has 0 bridgehead atoms. The van der Waals surface area contributed by atoms with E-state index in [0.29, 0.717) is 12.1 Å². The fraction of sp³-hybridized carbons (Fsp3) is 0.417. The van der Waals surface area contributed by atoms with Crippen LogP contribution >= 0.6 is 0 Å². The van der Waals surface area contributed by atoms with E-state index in [9.17, 15) is 13.2 Å². The van der Waals surface area contributed by atoms with E-state index in [-0.39, 0.29) is 16.6 Å². The van der Waals surface area contributed by atoms with Crippen LogP contribution in [0.2, 0.25) is 0 Å². The second-order valence-electron chi connectivity index (χ2n) is 3.89. The van der Waals surface area contributed by atoms with Crippen molar-refractivity contribution < 1.29 is 17.9 Å². The summed E-state index contributed by atoms with van der Waals surface area (Å²) in [5, 5.41) is 0. The Labute approximate surface area is 113 Å². The van der Waals surface area contributed by atoms with Gasteiger partial charge in [-0.2, -0.15) is 0 Å². The van der Waals surface area contributed by atoms with E-state index in [1.165, 1.54) is 31.2 Å². The maximum Gasteiger partial charge on any atom is 0.253 e. The molecular weight excluding hydrogens is 268 g/mol. The monoisotopic (exact) mass is 286 g/mol. The van der Waals surface area contributed by atoms with Gasteiger partial charge >= 0.3 is 0 Å². The maximum atomic E-state index is 12.0. The topological polar surface area (TPSA) is 75.7 Å². The van der Waals surface area contributed by atoms with Gasteiger partial charge in [0.25, 0.3) is 5.91 Å². The first-order valence-electron chi connectivity index (χ1n) is 5.74. The smallest absolute Gasteiger partial charge is 0.253 e. The molecule has 1 aromatic rings. The first-order chi connectivity index (χ1) is 8.87. The van der Waals surface area contributed by atoms with Gasteiger partial charge in [0.15, 0.2) is 0 Å². The van der Waals surface area contributed by atoms with Gasteiger partial charge < -0.3 is 9.64 Å². The summed E-state index contributed by atoms with van der Waals surface area (Å²) in [4.78, 5) is 13.5. The number of carbonyl (C=O) groups is 1. The van der Waals surface area contributed by atoms with E-state index in [2.05, 4.69) is 4.72 Å². The van der Waals surface area contributed by atoms with Crippen molar-refractivity contribution in [2.75, 3.05) is 27.7 Å². The minimum Gasteiger partial charge on any atom is -0.495 e. The number of hydrogen-bond donors (Lipinski definition) is 1. The highest BCUT2D eigenvalue weighted by Gasteiger charge is 2.21. The molecule has 0 radical (unpaired) electrons. The van der Waals surface area contributed by atoms with Crippen molar-refractivity contribution in [1.29, 1.82) is 0 Å². The second-order valence-corrected chi connectivity index (χ2v) is 5.75. The largest absolute Gasteiger partial charge is 0.495 e. The third-order valence-corrected chi connectivity index (χ3v) is 4.23. The Morgan fingerprint density at radius 3 is 2.53 bits per heavy atom. The van der Waals surface area contributed by atoms with Gasteiger partial charge in [0.1, 0.15) is 10.6 Å². The molecule has 7 heteroatoms. The minimum atomic E-state index is -3.68. The van der Waals surface area contributed by atoms with Gasteiger partial charge in [-0.1, -0.05) is 0 Å². The first-order valence-corrected chi connectivity index (χ1v) is 7.22. The zero-order valence-electron chi connectivity index (χ0n) is 11.4. The van der Waals surface area contributed by atoms with Crippen LogP contribution < -0.4 is 9.46 Å². The van der Waals surface area contributed by atoms with E-state index < -0.39 is 10.0 Å². The Kier molecular flexibility index (Phi) is 4.90. The van der Waals surface area contributed by atoms with Crippen LogP contribution in [0.25, 0.3) is 0 Å². The van der Waals surface area contributed by atoms with Crippen molar-refractivity contribution in [3.8, 4) is 5.75 Å². The van der Waals surface area contributed by atoms with Crippen molar-refractivity contribution in [2.45, 2.75) is 11.8 Å². The molecule has 0 atom stereocenters. The summed E-state index contributed by atoms with van der Waals surface area (Å²) in [6, 6.07) is 4.34. The normalized spacial score (nSPS) is 11.2. The lowest BCUT2D eigenvalue weighted by Gasteiger charge is -2.16. The van der Waals surface area contributed by atoms with Crippen LogP contribution in [0.5, 0.6) is 5.75 Å². The Bertz CT molecular complexity index is 569. The minimum absolute atomic E-state index is 0.0483. The highest BCUT2D eigenvalue weighted by Crippen LogP contribution is 2.25. The predicted octanol–water partition coefficient (Wildman–Crippen LogP) is 0.695. The molecule has 0 aliphatic rings. The summed E-state index contributed by atoms with van der Waals surface area (Å²) in [5.74, 6) is -0.0391. The molecule has 1 amide bonds. The number of rotatable bonds is 5. The number of sulfonamides is 1. The summed E-state index contributed by atoms with van der Waals surface area (Å²) >= 11 is 0. The molecule has 0 heterocycles. The zero-order chi connectivity index (χ0) is 14.6. The SMILES string of the molecule is CCN(C)C(=O)c1ccc(OC)c(S(=O)(=O)NC)c1. The van der Waals surface area contributed by atoms with Crippen molar-refractivity contribution in [1.82, 2.24) is 9.62 Å². The number of ether oxygens (including phenoxy) is 1. The molecule has 0 aromatic heterocycles. The average molecular weight is 286 g/mol. The molecule has 1 aromatic carbocycles. The Hall–Kier alpha value is -1.60. The van der Waals surface area contributed by atoms with Gasteiger partial charge in [-0.25, -0.2) is 13.1 Å². The summed E-state index contributed by atoms with van der Waals surface area (Å²) < 4.78 is 31.0. The summed E-state index contributed by atoms with van der Waals surface area (Å²) in [7, 11) is 0.662. The van der Waals surface area contributed by atoms with Gasteiger partial charge in [0.05, 0.1) is 7.11 Å². The van der Waals surface area contributed by atoms with Gasteiger partial charge in [0.2, 0.25) is 10.0 Å². The van der Waals surface area contributed by atoms with Crippen LogP contribution in [-0.2, 0) is 10.0 Å². The quantitative estimate of drug-likeness (QED) is 0.864. The molecule has 0 aliphatic carbocycles. The molecule has 0 saturated carbocycles. The summed E-state index contributed by atoms with van der Waals surface area (Å²) in [6.45, 7) is 2.38. The van der Waals surface area contributed by atoms with Crippen molar-refractivity contribution in [3.05, 3.63) is 23.8 Å². The molecular formula is C12H18N2O4S. The lowest BCUT2D eigenvalue weighted by atomic mass is 10.2. The molecule has 0 fully saturated rings. The Morgan fingerprint density at radius 2 is 2.05 bits per heavy atom. The molecule has 6 nitrogen and oxygen atoms in total. The molecule has 0 aliphatic heterocycles. The van der Waals surface area contributed by atoms with Gasteiger partial charge in [-0.3, -0.25) is 4.79 Å². The zero-order valence-corrected chi connectivity index (χ0v) is 12.2. The fourth-order valence-electron chi connectivity index (χ4n) is 1.49. The number of carbonyl (C=O) groups excluding carboxylic acids is 1. The van der Waals surface area contributed by atoms with Crippen LogP contribution in [0.4, 0.5) is 0 Å². The van der Waals surface area contributed by atoms with Crippen LogP contribution in [0, 0.1) is 0 Å². The highest BCUT2D eigenvalue weighted by atomic mass is 32.2. The average Bonchev–Trinajstić information content (AvgIpc) is 2.44. The lowest BCUT2D eigenvalue weighted by Crippen LogP contribution is -2.27. The summed E-state index contributed by atoms with van der Waals surface area (Å²) in [6.07, 6.45) is 0. The van der Waals surface area contributed by atoms with Crippen LogP contribution in [0.3, 0.4) is 0 Å². The van der Waals surface area contributed by atoms with Gasteiger partial charge in [0, 0.05) is 19.2 Å². The third-order valence-electron chi connectivity index (χ3n) is 2.79. The van der Waals surface area contributed by atoms with Crippen LogP contribution in [0.15, 0.2) is 23.1 Å². The van der Waals surface area contributed by atoms with E-state index in [1.807, 2.05) is 6.92 Å². The third kappa shape index (κ3) is 3.24. The molecule has 0 spiro atoms.